The topological polar surface area (TPSA) is 67.4 Å². The zero-order valence-corrected chi connectivity index (χ0v) is 11.9. The van der Waals surface area contributed by atoms with Crippen molar-refractivity contribution in [3.05, 3.63) is 30.4 Å². The summed E-state index contributed by atoms with van der Waals surface area (Å²) < 4.78 is 5.48. The van der Waals surface area contributed by atoms with Crippen molar-refractivity contribution < 1.29 is 14.3 Å². The SMILES string of the molecule is C[C@@H]1Oc2ccc(NC(=O)C[C@@H]3C=CCC3)cc2NC1=O. The molecule has 0 bridgehead atoms. The van der Waals surface area contributed by atoms with Gasteiger partial charge in [-0.1, -0.05) is 12.2 Å². The highest BCUT2D eigenvalue weighted by Crippen LogP contribution is 2.32. The summed E-state index contributed by atoms with van der Waals surface area (Å²) in [7, 11) is 0. The van der Waals surface area contributed by atoms with Gasteiger partial charge in [0.25, 0.3) is 5.91 Å². The van der Waals surface area contributed by atoms with E-state index < -0.39 is 6.10 Å². The van der Waals surface area contributed by atoms with Crippen LogP contribution in [-0.4, -0.2) is 17.9 Å². The predicted molar refractivity (Wildman–Crippen MR) is 80.3 cm³/mol. The Morgan fingerprint density at radius 1 is 1.48 bits per heavy atom. The first-order valence-electron chi connectivity index (χ1n) is 7.20. The van der Waals surface area contributed by atoms with Crippen molar-refractivity contribution >= 4 is 23.2 Å². The zero-order valence-electron chi connectivity index (χ0n) is 11.9. The van der Waals surface area contributed by atoms with Crippen LogP contribution in [-0.2, 0) is 9.59 Å². The second kappa shape index (κ2) is 5.60. The first-order chi connectivity index (χ1) is 10.1. The maximum absolute atomic E-state index is 12.0. The van der Waals surface area contributed by atoms with Crippen molar-refractivity contribution in [2.45, 2.75) is 32.3 Å². The number of rotatable bonds is 3. The number of carbonyl (C=O) groups is 2. The Labute approximate surface area is 123 Å². The minimum absolute atomic E-state index is 0.0112. The number of amides is 2. The number of anilines is 2. The van der Waals surface area contributed by atoms with Gasteiger partial charge in [-0.25, -0.2) is 0 Å². The lowest BCUT2D eigenvalue weighted by atomic mass is 10.0. The molecule has 0 radical (unpaired) electrons. The van der Waals surface area contributed by atoms with Crippen LogP contribution in [0.5, 0.6) is 5.75 Å². The first kappa shape index (κ1) is 13.7. The van der Waals surface area contributed by atoms with Crippen molar-refractivity contribution in [3.63, 3.8) is 0 Å². The van der Waals surface area contributed by atoms with Crippen molar-refractivity contribution in [1.29, 1.82) is 0 Å². The van der Waals surface area contributed by atoms with Gasteiger partial charge in [-0.05, 0) is 43.9 Å². The molecule has 1 aliphatic heterocycles. The van der Waals surface area contributed by atoms with Gasteiger partial charge in [0.2, 0.25) is 5.91 Å². The maximum Gasteiger partial charge on any atom is 0.265 e. The number of nitrogens with one attached hydrogen (secondary N) is 2. The van der Waals surface area contributed by atoms with Crippen LogP contribution in [0.25, 0.3) is 0 Å². The third-order valence-electron chi connectivity index (χ3n) is 3.75. The number of benzene rings is 1. The Bertz CT molecular complexity index is 610. The largest absolute Gasteiger partial charge is 0.479 e. The maximum atomic E-state index is 12.0. The summed E-state index contributed by atoms with van der Waals surface area (Å²) in [5.41, 5.74) is 1.26. The fourth-order valence-corrected chi connectivity index (χ4v) is 2.60. The van der Waals surface area contributed by atoms with Crippen molar-refractivity contribution in [3.8, 4) is 5.75 Å². The third-order valence-corrected chi connectivity index (χ3v) is 3.75. The van der Waals surface area contributed by atoms with Crippen molar-refractivity contribution in [2.24, 2.45) is 5.92 Å². The molecule has 0 aromatic heterocycles. The fourth-order valence-electron chi connectivity index (χ4n) is 2.60. The summed E-state index contributed by atoms with van der Waals surface area (Å²) in [6.07, 6.45) is 6.31. The smallest absolute Gasteiger partial charge is 0.265 e. The molecule has 2 N–H and O–H groups in total. The summed E-state index contributed by atoms with van der Waals surface area (Å²) in [6.45, 7) is 1.70. The van der Waals surface area contributed by atoms with Crippen LogP contribution in [0.15, 0.2) is 30.4 Å². The standard InChI is InChI=1S/C16H18N2O3/c1-10-16(20)18-13-9-12(6-7-14(13)21-10)17-15(19)8-11-4-2-3-5-11/h2,4,6-7,9-11H,3,5,8H2,1H3,(H,17,19)(H,18,20)/t10-,11+/m0/s1. The highest BCUT2D eigenvalue weighted by molar-refractivity contribution is 5.99. The monoisotopic (exact) mass is 286 g/mol. The molecule has 0 fully saturated rings. The van der Waals surface area contributed by atoms with Gasteiger partial charge in [0.15, 0.2) is 6.10 Å². The highest BCUT2D eigenvalue weighted by atomic mass is 16.5. The van der Waals surface area contributed by atoms with Gasteiger partial charge < -0.3 is 15.4 Å². The zero-order chi connectivity index (χ0) is 14.8. The minimum atomic E-state index is -0.493. The molecule has 21 heavy (non-hydrogen) atoms. The third kappa shape index (κ3) is 3.07. The van der Waals surface area contributed by atoms with Crippen LogP contribution < -0.4 is 15.4 Å². The number of allylic oxidation sites excluding steroid dienone is 2. The van der Waals surface area contributed by atoms with E-state index in [1.54, 1.807) is 25.1 Å². The van der Waals surface area contributed by atoms with Gasteiger partial charge in [0.1, 0.15) is 5.75 Å². The lowest BCUT2D eigenvalue weighted by Crippen LogP contribution is -2.34. The molecule has 0 unspecified atom stereocenters. The molecule has 1 heterocycles. The second-order valence-electron chi connectivity index (χ2n) is 5.48. The van der Waals surface area contributed by atoms with Crippen molar-refractivity contribution in [1.82, 2.24) is 0 Å². The number of carbonyl (C=O) groups excluding carboxylic acids is 2. The average Bonchev–Trinajstić information content (AvgIpc) is 2.93. The Kier molecular flexibility index (Phi) is 3.64. The van der Waals surface area contributed by atoms with E-state index >= 15 is 0 Å². The summed E-state index contributed by atoms with van der Waals surface area (Å²) >= 11 is 0. The molecule has 2 aliphatic rings. The van der Waals surface area contributed by atoms with Crippen LogP contribution in [0.3, 0.4) is 0 Å². The molecular formula is C16H18N2O3. The molecule has 0 saturated heterocycles. The molecule has 0 spiro atoms. The summed E-state index contributed by atoms with van der Waals surface area (Å²) in [5.74, 6) is 0.773. The number of hydrogen-bond acceptors (Lipinski definition) is 3. The lowest BCUT2D eigenvalue weighted by molar-refractivity contribution is -0.122. The van der Waals surface area contributed by atoms with E-state index in [4.69, 9.17) is 4.74 Å². The summed E-state index contributed by atoms with van der Waals surface area (Å²) in [5, 5.41) is 5.64. The van der Waals surface area contributed by atoms with Crippen molar-refractivity contribution in [2.75, 3.05) is 10.6 Å². The predicted octanol–water partition coefficient (Wildman–Crippen LogP) is 2.70. The van der Waals surface area contributed by atoms with Gasteiger partial charge in [-0.3, -0.25) is 9.59 Å². The molecule has 3 rings (SSSR count). The summed E-state index contributed by atoms with van der Waals surface area (Å²) in [6, 6.07) is 5.27. The number of ether oxygens (including phenoxy) is 1. The van der Waals surface area contributed by atoms with Crippen LogP contribution in [0.1, 0.15) is 26.2 Å². The van der Waals surface area contributed by atoms with Crippen LogP contribution in [0.2, 0.25) is 0 Å². The number of hydrogen-bond donors (Lipinski definition) is 2. The normalized spacial score (nSPS) is 23.2. The Balaban J connectivity index is 1.66. The van der Waals surface area contributed by atoms with E-state index in [0.29, 0.717) is 29.5 Å². The van der Waals surface area contributed by atoms with Crippen LogP contribution in [0.4, 0.5) is 11.4 Å². The summed E-state index contributed by atoms with van der Waals surface area (Å²) in [4.78, 5) is 23.6. The van der Waals surface area contributed by atoms with Gasteiger partial charge in [-0.2, -0.15) is 0 Å². The molecule has 1 aromatic carbocycles. The van der Waals surface area contributed by atoms with Gasteiger partial charge in [-0.15, -0.1) is 0 Å². The Morgan fingerprint density at radius 3 is 3.10 bits per heavy atom. The number of fused-ring (bicyclic) bond motifs is 1. The molecule has 0 saturated carbocycles. The van der Waals surface area contributed by atoms with E-state index in [0.717, 1.165) is 12.8 Å². The lowest BCUT2D eigenvalue weighted by Gasteiger charge is -2.23. The minimum Gasteiger partial charge on any atom is -0.479 e. The molecule has 110 valence electrons. The average molecular weight is 286 g/mol. The molecule has 1 aliphatic carbocycles. The fraction of sp³-hybridized carbons (Fsp3) is 0.375. The van der Waals surface area contributed by atoms with E-state index in [9.17, 15) is 9.59 Å². The van der Waals surface area contributed by atoms with E-state index in [2.05, 4.69) is 22.8 Å². The molecule has 2 amide bonds. The van der Waals surface area contributed by atoms with Gasteiger partial charge >= 0.3 is 0 Å². The molecule has 1 aromatic rings. The molecule has 2 atom stereocenters. The van der Waals surface area contributed by atoms with E-state index in [-0.39, 0.29) is 11.8 Å². The first-order valence-corrected chi connectivity index (χ1v) is 7.20. The quantitative estimate of drug-likeness (QED) is 0.839. The van der Waals surface area contributed by atoms with Crippen LogP contribution >= 0.6 is 0 Å². The Hall–Kier alpha value is -2.30. The molecular weight excluding hydrogens is 268 g/mol. The van der Waals surface area contributed by atoms with Gasteiger partial charge in [0, 0.05) is 12.1 Å². The van der Waals surface area contributed by atoms with Crippen LogP contribution in [0, 0.1) is 5.92 Å². The molecule has 5 nitrogen and oxygen atoms in total. The molecule has 5 heteroatoms. The second-order valence-corrected chi connectivity index (χ2v) is 5.48. The van der Waals surface area contributed by atoms with E-state index in [1.165, 1.54) is 0 Å². The Morgan fingerprint density at radius 2 is 2.33 bits per heavy atom. The van der Waals surface area contributed by atoms with E-state index in [1.807, 2.05) is 0 Å². The van der Waals surface area contributed by atoms with Gasteiger partial charge in [0.05, 0.1) is 5.69 Å². The highest BCUT2D eigenvalue weighted by Gasteiger charge is 2.23.